The van der Waals surface area contributed by atoms with Crippen molar-refractivity contribution in [1.29, 1.82) is 0 Å². The Morgan fingerprint density at radius 1 is 1.32 bits per heavy atom. The molecule has 1 aliphatic heterocycles. The average molecular weight is 260 g/mol. The Labute approximate surface area is 113 Å². The highest BCUT2D eigenvalue weighted by Gasteiger charge is 2.38. The Balaban J connectivity index is 1.67. The fraction of sp³-hybridized carbons (Fsp3) is 0.643. The number of likely N-dealkylation sites (tertiary alicyclic amines) is 1. The van der Waals surface area contributed by atoms with Crippen LogP contribution in [0.5, 0.6) is 0 Å². The van der Waals surface area contributed by atoms with E-state index in [1.165, 1.54) is 19.3 Å². The van der Waals surface area contributed by atoms with E-state index in [1.54, 1.807) is 6.07 Å². The van der Waals surface area contributed by atoms with Crippen LogP contribution in [-0.2, 0) is 0 Å². The van der Waals surface area contributed by atoms with E-state index in [4.69, 9.17) is 0 Å². The summed E-state index contributed by atoms with van der Waals surface area (Å²) in [4.78, 5) is 14.3. The van der Waals surface area contributed by atoms with E-state index in [-0.39, 0.29) is 5.91 Å². The zero-order chi connectivity index (χ0) is 13.2. The van der Waals surface area contributed by atoms with E-state index in [2.05, 4.69) is 15.5 Å². The summed E-state index contributed by atoms with van der Waals surface area (Å²) in [6.45, 7) is 4.61. The molecule has 1 aromatic rings. The zero-order valence-corrected chi connectivity index (χ0v) is 11.3. The van der Waals surface area contributed by atoms with Crippen LogP contribution in [0.15, 0.2) is 12.1 Å². The molecule has 1 saturated carbocycles. The molecule has 19 heavy (non-hydrogen) atoms. The lowest BCUT2D eigenvalue weighted by Gasteiger charge is -2.16. The van der Waals surface area contributed by atoms with Crippen LogP contribution in [0.4, 0.5) is 5.82 Å². The van der Waals surface area contributed by atoms with Gasteiger partial charge in [0.25, 0.3) is 5.91 Å². The molecule has 1 N–H and O–H groups in total. The molecular weight excluding hydrogens is 240 g/mol. The van der Waals surface area contributed by atoms with E-state index < -0.39 is 0 Å². The summed E-state index contributed by atoms with van der Waals surface area (Å²) in [5.74, 6) is 2.19. The van der Waals surface area contributed by atoms with E-state index in [0.29, 0.717) is 5.69 Å². The number of aromatic nitrogens is 2. The number of rotatable bonds is 3. The van der Waals surface area contributed by atoms with Gasteiger partial charge in [0.05, 0.1) is 0 Å². The van der Waals surface area contributed by atoms with Gasteiger partial charge in [-0.2, -0.15) is 0 Å². The Kier molecular flexibility index (Phi) is 3.36. The molecular formula is C14H20N4O. The minimum absolute atomic E-state index is 0.0324. The van der Waals surface area contributed by atoms with Gasteiger partial charge in [-0.25, -0.2) is 0 Å². The number of fused-ring (bicyclic) bond motifs is 1. The summed E-state index contributed by atoms with van der Waals surface area (Å²) in [6.07, 6.45) is 3.88. The van der Waals surface area contributed by atoms with Crippen molar-refractivity contribution < 1.29 is 4.79 Å². The SMILES string of the molecule is CCNc1ccc(C(=O)N2CC3CCCC3C2)nn1. The number of nitrogens with one attached hydrogen (secondary N) is 1. The summed E-state index contributed by atoms with van der Waals surface area (Å²) in [6, 6.07) is 3.59. The van der Waals surface area contributed by atoms with Crippen molar-refractivity contribution in [3.8, 4) is 0 Å². The monoisotopic (exact) mass is 260 g/mol. The van der Waals surface area contributed by atoms with Crippen molar-refractivity contribution in [1.82, 2.24) is 15.1 Å². The van der Waals surface area contributed by atoms with Crippen molar-refractivity contribution in [3.63, 3.8) is 0 Å². The number of anilines is 1. The standard InChI is InChI=1S/C14H20N4O/c1-2-15-13-7-6-12(16-17-13)14(19)18-8-10-4-3-5-11(10)9-18/h6-7,10-11H,2-5,8-9H2,1H3,(H,15,17). The number of hydrogen-bond donors (Lipinski definition) is 1. The Hall–Kier alpha value is -1.65. The molecule has 1 amide bonds. The third kappa shape index (κ3) is 2.41. The van der Waals surface area contributed by atoms with Gasteiger partial charge in [0, 0.05) is 19.6 Å². The van der Waals surface area contributed by atoms with E-state index in [9.17, 15) is 4.79 Å². The lowest BCUT2D eigenvalue weighted by atomic mass is 10.0. The topological polar surface area (TPSA) is 58.1 Å². The second-order valence-electron chi connectivity index (χ2n) is 5.50. The van der Waals surface area contributed by atoms with Crippen molar-refractivity contribution in [2.45, 2.75) is 26.2 Å². The van der Waals surface area contributed by atoms with Crippen LogP contribution in [-0.4, -0.2) is 40.6 Å². The van der Waals surface area contributed by atoms with Gasteiger partial charge < -0.3 is 10.2 Å². The molecule has 102 valence electrons. The summed E-state index contributed by atoms with van der Waals surface area (Å²) in [7, 11) is 0. The number of carbonyl (C=O) groups is 1. The van der Waals surface area contributed by atoms with Crippen LogP contribution in [0.3, 0.4) is 0 Å². The van der Waals surface area contributed by atoms with Crippen LogP contribution in [0.25, 0.3) is 0 Å². The lowest BCUT2D eigenvalue weighted by molar-refractivity contribution is 0.0773. The predicted molar refractivity (Wildman–Crippen MR) is 72.9 cm³/mol. The molecule has 1 saturated heterocycles. The predicted octanol–water partition coefficient (Wildman–Crippen LogP) is 1.78. The number of hydrogen-bond acceptors (Lipinski definition) is 4. The van der Waals surface area contributed by atoms with Gasteiger partial charge in [-0.1, -0.05) is 6.42 Å². The maximum atomic E-state index is 12.4. The summed E-state index contributed by atoms with van der Waals surface area (Å²) in [5.41, 5.74) is 0.460. The minimum Gasteiger partial charge on any atom is -0.369 e. The largest absolute Gasteiger partial charge is 0.369 e. The molecule has 1 aromatic heterocycles. The zero-order valence-electron chi connectivity index (χ0n) is 11.3. The summed E-state index contributed by atoms with van der Waals surface area (Å²) < 4.78 is 0. The number of nitrogens with zero attached hydrogens (tertiary/aromatic N) is 3. The quantitative estimate of drug-likeness (QED) is 0.900. The molecule has 2 fully saturated rings. The van der Waals surface area contributed by atoms with Crippen LogP contribution in [0, 0.1) is 11.8 Å². The van der Waals surface area contributed by atoms with Gasteiger partial charge in [-0.15, -0.1) is 10.2 Å². The van der Waals surface area contributed by atoms with Crippen molar-refractivity contribution in [2.24, 2.45) is 11.8 Å². The molecule has 0 radical (unpaired) electrons. The van der Waals surface area contributed by atoms with Crippen LogP contribution < -0.4 is 5.32 Å². The highest BCUT2D eigenvalue weighted by molar-refractivity contribution is 5.92. The Bertz CT molecular complexity index is 447. The molecule has 2 atom stereocenters. The highest BCUT2D eigenvalue weighted by Crippen LogP contribution is 2.37. The van der Waals surface area contributed by atoms with E-state index >= 15 is 0 Å². The van der Waals surface area contributed by atoms with E-state index in [1.807, 2.05) is 17.9 Å². The normalized spacial score (nSPS) is 25.4. The number of amides is 1. The fourth-order valence-corrected chi connectivity index (χ4v) is 3.28. The van der Waals surface area contributed by atoms with Gasteiger partial charge >= 0.3 is 0 Å². The summed E-state index contributed by atoms with van der Waals surface area (Å²) in [5, 5.41) is 11.1. The maximum absolute atomic E-state index is 12.4. The smallest absolute Gasteiger partial charge is 0.274 e. The molecule has 1 aliphatic carbocycles. The Morgan fingerprint density at radius 2 is 2.05 bits per heavy atom. The van der Waals surface area contributed by atoms with Gasteiger partial charge in [-0.3, -0.25) is 4.79 Å². The van der Waals surface area contributed by atoms with Crippen molar-refractivity contribution in [2.75, 3.05) is 25.0 Å². The first-order valence-electron chi connectivity index (χ1n) is 7.15. The van der Waals surface area contributed by atoms with Gasteiger partial charge in [0.2, 0.25) is 0 Å². The molecule has 0 aromatic carbocycles. The molecule has 5 heteroatoms. The molecule has 2 heterocycles. The second-order valence-corrected chi connectivity index (χ2v) is 5.50. The lowest BCUT2D eigenvalue weighted by Crippen LogP contribution is -2.30. The first-order valence-corrected chi connectivity index (χ1v) is 7.15. The van der Waals surface area contributed by atoms with Crippen LogP contribution >= 0.6 is 0 Å². The third-order valence-electron chi connectivity index (χ3n) is 4.26. The molecule has 3 rings (SSSR count). The van der Waals surface area contributed by atoms with Crippen LogP contribution in [0.2, 0.25) is 0 Å². The maximum Gasteiger partial charge on any atom is 0.274 e. The first kappa shape index (κ1) is 12.4. The van der Waals surface area contributed by atoms with E-state index in [0.717, 1.165) is 37.3 Å². The third-order valence-corrected chi connectivity index (χ3v) is 4.26. The van der Waals surface area contributed by atoms with Crippen molar-refractivity contribution >= 4 is 11.7 Å². The fourth-order valence-electron chi connectivity index (χ4n) is 3.28. The molecule has 5 nitrogen and oxygen atoms in total. The van der Waals surface area contributed by atoms with Crippen LogP contribution in [0.1, 0.15) is 36.7 Å². The molecule has 0 bridgehead atoms. The average Bonchev–Trinajstić information content (AvgIpc) is 3.00. The summed E-state index contributed by atoms with van der Waals surface area (Å²) >= 11 is 0. The molecule has 2 unspecified atom stereocenters. The number of carbonyl (C=O) groups excluding carboxylic acids is 1. The van der Waals surface area contributed by atoms with Gasteiger partial charge in [-0.05, 0) is 43.7 Å². The Morgan fingerprint density at radius 3 is 2.63 bits per heavy atom. The van der Waals surface area contributed by atoms with Crippen molar-refractivity contribution in [3.05, 3.63) is 17.8 Å². The second kappa shape index (κ2) is 5.15. The minimum atomic E-state index is 0.0324. The molecule has 0 spiro atoms. The van der Waals surface area contributed by atoms with Gasteiger partial charge in [0.1, 0.15) is 5.82 Å². The first-order chi connectivity index (χ1) is 9.28. The highest BCUT2D eigenvalue weighted by atomic mass is 16.2. The molecule has 2 aliphatic rings. The van der Waals surface area contributed by atoms with Gasteiger partial charge in [0.15, 0.2) is 5.69 Å².